The van der Waals surface area contributed by atoms with Crippen LogP contribution in [0.3, 0.4) is 0 Å². The normalized spacial score (nSPS) is 10.5. The monoisotopic (exact) mass is 333 g/mol. The smallest absolute Gasteiger partial charge is 0.276 e. The van der Waals surface area contributed by atoms with Gasteiger partial charge in [0.1, 0.15) is 5.69 Å². The third-order valence-corrected chi connectivity index (χ3v) is 3.99. The van der Waals surface area contributed by atoms with E-state index in [0.29, 0.717) is 12.2 Å². The molecule has 1 heterocycles. The number of benzene rings is 2. The van der Waals surface area contributed by atoms with Crippen LogP contribution < -0.4 is 10.9 Å². The third-order valence-electron chi connectivity index (χ3n) is 3.99. The van der Waals surface area contributed by atoms with Crippen LogP contribution in [-0.2, 0) is 6.54 Å². The first-order valence-corrected chi connectivity index (χ1v) is 8.03. The predicted molar refractivity (Wildman–Crippen MR) is 97.9 cm³/mol. The summed E-state index contributed by atoms with van der Waals surface area (Å²) in [5.74, 6) is -0.345. The minimum atomic E-state index is -0.345. The van der Waals surface area contributed by atoms with Crippen molar-refractivity contribution in [2.75, 3.05) is 5.32 Å². The number of rotatable bonds is 4. The van der Waals surface area contributed by atoms with Crippen LogP contribution in [0.2, 0.25) is 0 Å². The topological polar surface area (TPSA) is 64.0 Å². The van der Waals surface area contributed by atoms with E-state index in [1.165, 1.54) is 16.8 Å². The molecular formula is C20H19N3O2. The summed E-state index contributed by atoms with van der Waals surface area (Å²) in [6.45, 7) is 4.29. The fourth-order valence-electron chi connectivity index (χ4n) is 2.46. The number of carbonyl (C=O) groups excluding carboxylic acids is 1. The number of hydrogen-bond acceptors (Lipinski definition) is 3. The number of carbonyl (C=O) groups is 1. The fourth-order valence-corrected chi connectivity index (χ4v) is 2.46. The standard InChI is InChI=1S/C20H19N3O2/c1-14-7-9-17(10-8-14)21-20(25)18-11-12-19(24)23(22-18)13-16-6-4-3-5-15(16)2/h3-12H,13H2,1-2H3,(H,21,25). The summed E-state index contributed by atoms with van der Waals surface area (Å²) in [4.78, 5) is 24.5. The minimum absolute atomic E-state index is 0.203. The van der Waals surface area contributed by atoms with Gasteiger partial charge in [-0.15, -0.1) is 0 Å². The average Bonchev–Trinajstić information content (AvgIpc) is 2.60. The number of nitrogens with one attached hydrogen (secondary N) is 1. The van der Waals surface area contributed by atoms with Gasteiger partial charge in [-0.3, -0.25) is 9.59 Å². The van der Waals surface area contributed by atoms with Gasteiger partial charge in [0.2, 0.25) is 0 Å². The summed E-state index contributed by atoms with van der Waals surface area (Å²) in [6, 6.07) is 18.1. The van der Waals surface area contributed by atoms with Crippen molar-refractivity contribution >= 4 is 11.6 Å². The second kappa shape index (κ2) is 7.13. The van der Waals surface area contributed by atoms with Crippen molar-refractivity contribution < 1.29 is 4.79 Å². The molecule has 0 aliphatic carbocycles. The van der Waals surface area contributed by atoms with E-state index in [0.717, 1.165) is 16.7 Å². The molecule has 3 rings (SSSR count). The molecular weight excluding hydrogens is 314 g/mol. The van der Waals surface area contributed by atoms with Crippen molar-refractivity contribution in [2.24, 2.45) is 0 Å². The fraction of sp³-hybridized carbons (Fsp3) is 0.150. The molecule has 0 saturated heterocycles. The highest BCUT2D eigenvalue weighted by Crippen LogP contribution is 2.10. The first-order valence-electron chi connectivity index (χ1n) is 8.03. The average molecular weight is 333 g/mol. The van der Waals surface area contributed by atoms with E-state index >= 15 is 0 Å². The molecule has 0 atom stereocenters. The molecule has 0 aliphatic rings. The summed E-state index contributed by atoms with van der Waals surface area (Å²) in [7, 11) is 0. The molecule has 5 heteroatoms. The summed E-state index contributed by atoms with van der Waals surface area (Å²) in [6.07, 6.45) is 0. The Hall–Kier alpha value is -3.21. The van der Waals surface area contributed by atoms with Crippen LogP contribution in [0.15, 0.2) is 65.5 Å². The lowest BCUT2D eigenvalue weighted by Gasteiger charge is -2.09. The van der Waals surface area contributed by atoms with Gasteiger partial charge >= 0.3 is 0 Å². The number of amides is 1. The van der Waals surface area contributed by atoms with E-state index < -0.39 is 0 Å². The van der Waals surface area contributed by atoms with Crippen molar-refractivity contribution in [2.45, 2.75) is 20.4 Å². The molecule has 0 bridgehead atoms. The molecule has 0 fully saturated rings. The van der Waals surface area contributed by atoms with Crippen molar-refractivity contribution in [3.05, 3.63) is 93.4 Å². The summed E-state index contributed by atoms with van der Waals surface area (Å²) >= 11 is 0. The third kappa shape index (κ3) is 4.01. The molecule has 0 radical (unpaired) electrons. The Morgan fingerprint density at radius 3 is 2.44 bits per heavy atom. The molecule has 126 valence electrons. The first-order chi connectivity index (χ1) is 12.0. The van der Waals surface area contributed by atoms with Gasteiger partial charge in [-0.1, -0.05) is 42.0 Å². The highest BCUT2D eigenvalue weighted by molar-refractivity contribution is 6.02. The van der Waals surface area contributed by atoms with Gasteiger partial charge in [-0.2, -0.15) is 5.10 Å². The van der Waals surface area contributed by atoms with Crippen molar-refractivity contribution in [1.29, 1.82) is 0 Å². The summed E-state index contributed by atoms with van der Waals surface area (Å²) in [5.41, 5.74) is 3.83. The van der Waals surface area contributed by atoms with Crippen LogP contribution in [0, 0.1) is 13.8 Å². The molecule has 25 heavy (non-hydrogen) atoms. The molecule has 5 nitrogen and oxygen atoms in total. The summed E-state index contributed by atoms with van der Waals surface area (Å²) < 4.78 is 1.31. The lowest BCUT2D eigenvalue weighted by atomic mass is 10.1. The number of aromatic nitrogens is 2. The van der Waals surface area contributed by atoms with Crippen LogP contribution in [-0.4, -0.2) is 15.7 Å². The second-order valence-corrected chi connectivity index (χ2v) is 5.96. The maximum atomic E-state index is 12.4. The van der Waals surface area contributed by atoms with Crippen molar-refractivity contribution in [3.8, 4) is 0 Å². The quantitative estimate of drug-likeness (QED) is 0.798. The zero-order valence-corrected chi connectivity index (χ0v) is 14.2. The predicted octanol–water partition coefficient (Wildman–Crippen LogP) is 3.16. The van der Waals surface area contributed by atoms with E-state index in [1.54, 1.807) is 0 Å². The number of hydrogen-bond donors (Lipinski definition) is 1. The van der Waals surface area contributed by atoms with Gasteiger partial charge < -0.3 is 5.32 Å². The zero-order valence-electron chi connectivity index (χ0n) is 14.2. The zero-order chi connectivity index (χ0) is 17.8. The maximum Gasteiger partial charge on any atom is 0.276 e. The number of aryl methyl sites for hydroxylation is 2. The van der Waals surface area contributed by atoms with Gasteiger partial charge in [0.25, 0.3) is 11.5 Å². The van der Waals surface area contributed by atoms with E-state index in [1.807, 2.05) is 62.4 Å². The van der Waals surface area contributed by atoms with Gasteiger partial charge in [-0.05, 0) is 43.2 Å². The molecule has 2 aromatic carbocycles. The van der Waals surface area contributed by atoms with Crippen LogP contribution >= 0.6 is 0 Å². The van der Waals surface area contributed by atoms with Gasteiger partial charge in [-0.25, -0.2) is 4.68 Å². The largest absolute Gasteiger partial charge is 0.321 e. The highest BCUT2D eigenvalue weighted by Gasteiger charge is 2.11. The SMILES string of the molecule is Cc1ccc(NC(=O)c2ccc(=O)n(Cc3ccccc3C)n2)cc1. The van der Waals surface area contributed by atoms with Gasteiger partial charge in [0.05, 0.1) is 6.54 Å². The Morgan fingerprint density at radius 2 is 1.72 bits per heavy atom. The lowest BCUT2D eigenvalue weighted by Crippen LogP contribution is -2.26. The molecule has 0 saturated carbocycles. The summed E-state index contributed by atoms with van der Waals surface area (Å²) in [5, 5.41) is 7.00. The number of nitrogens with zero attached hydrogens (tertiary/aromatic N) is 2. The maximum absolute atomic E-state index is 12.4. The minimum Gasteiger partial charge on any atom is -0.321 e. The molecule has 0 spiro atoms. The Labute approximate surface area is 145 Å². The highest BCUT2D eigenvalue weighted by atomic mass is 16.2. The van der Waals surface area contributed by atoms with Crippen molar-refractivity contribution in [1.82, 2.24) is 9.78 Å². The molecule has 0 aliphatic heterocycles. The Balaban J connectivity index is 1.83. The molecule has 1 N–H and O–H groups in total. The number of anilines is 1. The van der Waals surface area contributed by atoms with E-state index in [4.69, 9.17) is 0 Å². The Kier molecular flexibility index (Phi) is 4.75. The van der Waals surface area contributed by atoms with Crippen LogP contribution in [0.1, 0.15) is 27.2 Å². The Bertz CT molecular complexity index is 959. The Morgan fingerprint density at radius 1 is 1.00 bits per heavy atom. The molecule has 3 aromatic rings. The lowest BCUT2D eigenvalue weighted by molar-refractivity contribution is 0.102. The van der Waals surface area contributed by atoms with E-state index in [9.17, 15) is 9.59 Å². The molecule has 0 unspecified atom stereocenters. The van der Waals surface area contributed by atoms with Crippen molar-refractivity contribution in [3.63, 3.8) is 0 Å². The van der Waals surface area contributed by atoms with Gasteiger partial charge in [0, 0.05) is 11.8 Å². The first kappa shape index (κ1) is 16.6. The van der Waals surface area contributed by atoms with E-state index in [-0.39, 0.29) is 17.2 Å². The molecule has 1 aromatic heterocycles. The van der Waals surface area contributed by atoms with Crippen LogP contribution in [0.25, 0.3) is 0 Å². The van der Waals surface area contributed by atoms with Crippen LogP contribution in [0.5, 0.6) is 0 Å². The van der Waals surface area contributed by atoms with E-state index in [2.05, 4.69) is 10.4 Å². The van der Waals surface area contributed by atoms with Crippen LogP contribution in [0.4, 0.5) is 5.69 Å². The second-order valence-electron chi connectivity index (χ2n) is 5.96. The van der Waals surface area contributed by atoms with Gasteiger partial charge in [0.15, 0.2) is 0 Å². The molecule has 1 amide bonds.